The van der Waals surface area contributed by atoms with Gasteiger partial charge in [-0.15, -0.1) is 0 Å². The number of nitrogens with zero attached hydrogens (tertiary/aromatic N) is 2. The normalized spacial score (nSPS) is 14.6. The van der Waals surface area contributed by atoms with E-state index in [-0.39, 0.29) is 18.0 Å². The molecule has 0 fully saturated rings. The molecule has 0 saturated heterocycles. The van der Waals surface area contributed by atoms with Crippen LogP contribution >= 0.6 is 0 Å². The van der Waals surface area contributed by atoms with Crippen LogP contribution in [-0.4, -0.2) is 60.4 Å². The Kier molecular flexibility index (Phi) is 7.65. The van der Waals surface area contributed by atoms with Gasteiger partial charge < -0.3 is 29.0 Å². The molecule has 2 N–H and O–H groups in total. The van der Waals surface area contributed by atoms with Crippen molar-refractivity contribution in [2.75, 3.05) is 35.0 Å². The first-order valence-electron chi connectivity index (χ1n) is 12.0. The number of aryl methyl sites for hydroxylation is 1. The van der Waals surface area contributed by atoms with Gasteiger partial charge in [0.25, 0.3) is 5.56 Å². The zero-order valence-electron chi connectivity index (χ0n) is 22.0. The molecule has 0 bridgehead atoms. The van der Waals surface area contributed by atoms with Crippen molar-refractivity contribution in [3.8, 4) is 28.9 Å². The number of benzene rings is 2. The van der Waals surface area contributed by atoms with E-state index in [1.807, 2.05) is 6.07 Å². The van der Waals surface area contributed by atoms with E-state index in [2.05, 4.69) is 4.98 Å². The van der Waals surface area contributed by atoms with Crippen molar-refractivity contribution in [2.24, 2.45) is 0 Å². The van der Waals surface area contributed by atoms with Crippen LogP contribution in [0.5, 0.6) is 28.9 Å². The summed E-state index contributed by atoms with van der Waals surface area (Å²) in [6.45, 7) is 1.78. The van der Waals surface area contributed by atoms with Crippen LogP contribution in [0.4, 0.5) is 0 Å². The summed E-state index contributed by atoms with van der Waals surface area (Å²) in [5, 5.41) is 11.3. The van der Waals surface area contributed by atoms with E-state index in [4.69, 9.17) is 18.9 Å². The molecule has 2 aromatic carbocycles. The minimum atomic E-state index is -0.937. The van der Waals surface area contributed by atoms with Gasteiger partial charge in [0.2, 0.25) is 11.8 Å². The number of H-pyrrole nitrogens is 1. The lowest BCUT2D eigenvalue weighted by Crippen LogP contribution is -2.43. The first-order valence-corrected chi connectivity index (χ1v) is 12.0. The van der Waals surface area contributed by atoms with Gasteiger partial charge in [0.15, 0.2) is 23.0 Å². The average molecular weight is 526 g/mol. The van der Waals surface area contributed by atoms with E-state index in [9.17, 15) is 19.5 Å². The lowest BCUT2D eigenvalue weighted by atomic mass is 9.88. The third kappa shape index (κ3) is 4.79. The van der Waals surface area contributed by atoms with Crippen molar-refractivity contribution in [2.45, 2.75) is 32.4 Å². The molecular weight excluding hydrogens is 494 g/mol. The molecule has 38 heavy (non-hydrogen) atoms. The summed E-state index contributed by atoms with van der Waals surface area (Å²) >= 11 is 0. The summed E-state index contributed by atoms with van der Waals surface area (Å²) in [6.07, 6.45) is 0.866. The Balaban J connectivity index is 1.81. The van der Waals surface area contributed by atoms with Crippen molar-refractivity contribution in [1.29, 1.82) is 0 Å². The van der Waals surface area contributed by atoms with Crippen molar-refractivity contribution in [1.82, 2.24) is 14.5 Å². The van der Waals surface area contributed by atoms with Crippen LogP contribution in [0.2, 0.25) is 0 Å². The number of methoxy groups -OCH3 is 4. The number of carbonyl (C=O) groups excluding carboxylic acids is 1. The van der Waals surface area contributed by atoms with E-state index >= 15 is 0 Å². The number of amides is 1. The number of ether oxygens (including phenoxy) is 4. The first-order chi connectivity index (χ1) is 18.2. The van der Waals surface area contributed by atoms with Crippen molar-refractivity contribution >= 4 is 5.91 Å². The van der Waals surface area contributed by atoms with Crippen LogP contribution in [-0.2, 0) is 24.2 Å². The maximum atomic E-state index is 13.1. The highest BCUT2D eigenvalue weighted by atomic mass is 16.5. The van der Waals surface area contributed by atoms with Crippen LogP contribution in [0, 0.1) is 0 Å². The van der Waals surface area contributed by atoms with Crippen molar-refractivity contribution in [3.63, 3.8) is 0 Å². The minimum absolute atomic E-state index is 0.0650. The number of aromatic amines is 1. The van der Waals surface area contributed by atoms with Crippen LogP contribution < -0.4 is 30.2 Å². The predicted octanol–water partition coefficient (Wildman–Crippen LogP) is 2.01. The van der Waals surface area contributed by atoms with Gasteiger partial charge in [-0.2, -0.15) is 0 Å². The Bertz CT molecular complexity index is 1480. The number of fused-ring (bicyclic) bond motifs is 1. The lowest BCUT2D eigenvalue weighted by Gasteiger charge is -2.37. The molecule has 0 aliphatic carbocycles. The molecule has 0 spiro atoms. The molecule has 0 saturated carbocycles. The maximum absolute atomic E-state index is 13.1. The highest BCUT2D eigenvalue weighted by Gasteiger charge is 2.36. The van der Waals surface area contributed by atoms with Gasteiger partial charge in [0.05, 0.1) is 34.5 Å². The van der Waals surface area contributed by atoms with Gasteiger partial charge in [-0.3, -0.25) is 19.1 Å². The molecule has 11 heteroatoms. The lowest BCUT2D eigenvalue weighted by molar-refractivity contribution is -0.130. The molecule has 4 rings (SSSR count). The second-order valence-electron chi connectivity index (χ2n) is 8.86. The third-order valence-electron chi connectivity index (χ3n) is 6.83. The van der Waals surface area contributed by atoms with Gasteiger partial charge in [0.1, 0.15) is 5.56 Å². The summed E-state index contributed by atoms with van der Waals surface area (Å²) < 4.78 is 22.6. The van der Waals surface area contributed by atoms with E-state index in [1.54, 1.807) is 24.3 Å². The smallest absolute Gasteiger partial charge is 0.331 e. The molecule has 1 aliphatic heterocycles. The molecular formula is C27H31N3O8. The van der Waals surface area contributed by atoms with Gasteiger partial charge in [-0.05, 0) is 53.8 Å². The highest BCUT2D eigenvalue weighted by Crippen LogP contribution is 2.42. The number of nitrogens with one attached hydrogen (secondary N) is 1. The van der Waals surface area contributed by atoms with E-state index in [1.165, 1.54) is 40.3 Å². The van der Waals surface area contributed by atoms with Crippen LogP contribution in [0.25, 0.3) is 0 Å². The Labute approximate surface area is 219 Å². The topological polar surface area (TPSA) is 132 Å². The average Bonchev–Trinajstić information content (AvgIpc) is 2.91. The molecule has 0 radical (unpaired) electrons. The summed E-state index contributed by atoms with van der Waals surface area (Å²) in [6, 6.07) is 7.92. The molecule has 1 amide bonds. The Morgan fingerprint density at radius 3 is 2.24 bits per heavy atom. The fourth-order valence-electron chi connectivity index (χ4n) is 4.90. The summed E-state index contributed by atoms with van der Waals surface area (Å²) in [5.74, 6) is 1.24. The Morgan fingerprint density at radius 2 is 1.61 bits per heavy atom. The molecule has 0 unspecified atom stereocenters. The molecule has 202 valence electrons. The quantitative estimate of drug-likeness (QED) is 0.457. The fraction of sp³-hybridized carbons (Fsp3) is 0.370. The van der Waals surface area contributed by atoms with E-state index < -0.39 is 23.2 Å². The monoisotopic (exact) mass is 525 g/mol. The third-order valence-corrected chi connectivity index (χ3v) is 6.83. The number of carbonyl (C=O) groups is 1. The van der Waals surface area contributed by atoms with Gasteiger partial charge in [-0.1, -0.05) is 6.07 Å². The molecule has 3 aromatic rings. The van der Waals surface area contributed by atoms with Gasteiger partial charge >= 0.3 is 5.69 Å². The summed E-state index contributed by atoms with van der Waals surface area (Å²) in [5.41, 5.74) is 0.650. The maximum Gasteiger partial charge on any atom is 0.331 e. The second-order valence-corrected chi connectivity index (χ2v) is 8.86. The number of aromatic nitrogens is 2. The molecule has 1 aliphatic rings. The summed E-state index contributed by atoms with van der Waals surface area (Å²) in [4.78, 5) is 42.4. The number of hydrogen-bond acceptors (Lipinski definition) is 8. The van der Waals surface area contributed by atoms with Crippen LogP contribution in [0.1, 0.15) is 35.2 Å². The van der Waals surface area contributed by atoms with Crippen molar-refractivity contribution < 1.29 is 28.8 Å². The first kappa shape index (κ1) is 26.6. The van der Waals surface area contributed by atoms with E-state index in [0.29, 0.717) is 47.9 Å². The highest BCUT2D eigenvalue weighted by molar-refractivity contribution is 5.75. The minimum Gasteiger partial charge on any atom is -0.494 e. The Morgan fingerprint density at radius 1 is 0.974 bits per heavy atom. The molecule has 1 atom stereocenters. The van der Waals surface area contributed by atoms with Crippen LogP contribution in [0.15, 0.2) is 39.9 Å². The molecule has 1 aromatic heterocycles. The van der Waals surface area contributed by atoms with Gasteiger partial charge in [-0.25, -0.2) is 4.79 Å². The van der Waals surface area contributed by atoms with Crippen molar-refractivity contribution in [3.05, 3.63) is 73.4 Å². The Hall–Kier alpha value is -4.41. The predicted molar refractivity (Wildman–Crippen MR) is 139 cm³/mol. The largest absolute Gasteiger partial charge is 0.494 e. The SMILES string of the molecule is COc1ccc(CCn2c(O)c([C@@H]3c4cc(OC)c(OC)cc4CCN3C(C)=O)c(=O)[nH]c2=O)cc1OC. The zero-order valence-corrected chi connectivity index (χ0v) is 22.0. The van der Waals surface area contributed by atoms with Crippen LogP contribution in [0.3, 0.4) is 0 Å². The number of rotatable bonds is 8. The molecule has 11 nitrogen and oxygen atoms in total. The standard InChI is InChI=1S/C27H31N3O8/c1-15(31)29-11-9-17-13-21(37-4)22(38-5)14-18(17)24(29)23-25(32)28-27(34)30(26(23)33)10-8-16-6-7-19(35-2)20(12-16)36-3/h6-7,12-14,24,33H,8-11H2,1-5H3,(H,28,32,34)/t24-/m0/s1. The molecule has 2 heterocycles. The fourth-order valence-corrected chi connectivity index (χ4v) is 4.90. The number of hydrogen-bond donors (Lipinski definition) is 2. The summed E-state index contributed by atoms with van der Waals surface area (Å²) in [7, 11) is 6.08. The number of aromatic hydroxyl groups is 1. The zero-order chi connectivity index (χ0) is 27.6. The second kappa shape index (κ2) is 10.9. The van der Waals surface area contributed by atoms with Gasteiger partial charge in [0, 0.05) is 20.0 Å². The van der Waals surface area contributed by atoms with E-state index in [0.717, 1.165) is 15.7 Å².